The molecule has 0 spiro atoms. The first kappa shape index (κ1) is 70.8. The van der Waals surface area contributed by atoms with Crippen molar-refractivity contribution >= 4 is 175 Å². The maximum atomic E-state index is 12.2. The molecule has 0 bridgehead atoms. The minimum Gasteiger partial charge on any atom is -0.430 e. The first-order valence-electron chi connectivity index (χ1n) is 23.5. The third-order valence-electron chi connectivity index (χ3n) is 9.32. The second kappa shape index (κ2) is 32.8. The monoisotopic (exact) mass is 1400 g/mol. The average Bonchev–Trinajstić information content (AvgIpc) is 3.69. The zero-order valence-corrected chi connectivity index (χ0v) is 53.6. The zero-order valence-electron chi connectivity index (χ0n) is 45.4. The molecule has 88 heavy (non-hydrogen) atoms. The summed E-state index contributed by atoms with van der Waals surface area (Å²) >= 11 is 5.45. The van der Waals surface area contributed by atoms with Crippen LogP contribution in [0.1, 0.15) is 73.8 Å². The Hall–Kier alpha value is -7.97. The van der Waals surface area contributed by atoms with E-state index in [1.54, 1.807) is 6.92 Å². The highest BCUT2D eigenvalue weighted by molar-refractivity contribution is 8.15. The molecule has 0 atom stereocenters. The molecule has 466 valence electrons. The van der Waals surface area contributed by atoms with Crippen molar-refractivity contribution in [1.29, 1.82) is 0 Å². The van der Waals surface area contributed by atoms with Crippen molar-refractivity contribution < 1.29 is 85.4 Å². The van der Waals surface area contributed by atoms with Gasteiger partial charge in [-0.05, 0) is 54.5 Å². The number of ketones is 4. The fraction of sp³-hybridized carbons (Fsp3) is 0.196. The van der Waals surface area contributed by atoms with Crippen LogP contribution in [0.15, 0.2) is 132 Å². The number of nitrogens with one attached hydrogen (secondary N) is 4. The summed E-state index contributed by atoms with van der Waals surface area (Å²) in [5.74, 6) is -1.56. The lowest BCUT2D eigenvalue weighted by atomic mass is 10.2. The van der Waals surface area contributed by atoms with Gasteiger partial charge < -0.3 is 13.4 Å². The Bertz CT molecular complexity index is 4100. The molecule has 0 aliphatic heterocycles. The second-order valence-corrected chi connectivity index (χ2v) is 29.2. The number of hydrogen-bond donors (Lipinski definition) is 4. The minimum atomic E-state index is -4.10. The number of thioether (sulfide) groups is 4. The number of rotatable bonds is 24. The highest BCUT2D eigenvalue weighted by atomic mass is 32.2. The van der Waals surface area contributed by atoms with Crippen molar-refractivity contribution in [3.8, 4) is 0 Å². The van der Waals surface area contributed by atoms with Gasteiger partial charge in [0.25, 0.3) is 40.3 Å². The lowest BCUT2D eigenvalue weighted by Gasteiger charge is -2.06. The summed E-state index contributed by atoms with van der Waals surface area (Å²) in [5.41, 5.74) is 0.752. The molecule has 0 amide bonds. The normalized spacial score (nSPS) is 11.2. The van der Waals surface area contributed by atoms with Crippen molar-refractivity contribution in [3.63, 3.8) is 0 Å². The summed E-state index contributed by atoms with van der Waals surface area (Å²) in [4.78, 5) is 121. The van der Waals surface area contributed by atoms with Crippen LogP contribution in [0.25, 0.3) is 0 Å². The van der Waals surface area contributed by atoms with Gasteiger partial charge in [-0.2, -0.15) is 30.2 Å². The fourth-order valence-electron chi connectivity index (χ4n) is 5.54. The lowest BCUT2D eigenvalue weighted by molar-refractivity contribution is -0.109. The fourth-order valence-corrected chi connectivity index (χ4v) is 13.4. The van der Waals surface area contributed by atoms with Gasteiger partial charge in [0.2, 0.25) is 12.2 Å². The number of sulfonamides is 4. The quantitative estimate of drug-likeness (QED) is 0.0424. The molecule has 0 fully saturated rings. The van der Waals surface area contributed by atoms with Crippen LogP contribution in [0.4, 0.5) is 21.8 Å². The van der Waals surface area contributed by atoms with Gasteiger partial charge in [-0.3, -0.25) is 62.5 Å². The van der Waals surface area contributed by atoms with E-state index in [-0.39, 0.29) is 103 Å². The smallest absolute Gasteiger partial charge is 0.309 e. The van der Waals surface area contributed by atoms with Crippen LogP contribution in [0.5, 0.6) is 0 Å². The molecule has 8 aromatic rings. The molecule has 4 N–H and O–H groups in total. The highest BCUT2D eigenvalue weighted by Crippen LogP contribution is 2.28. The third kappa shape index (κ3) is 23.0. The molecule has 0 saturated heterocycles. The van der Waals surface area contributed by atoms with Gasteiger partial charge in [-0.15, -0.1) is 11.3 Å². The topological polar surface area (TPSA) is 477 Å². The van der Waals surface area contributed by atoms with Crippen LogP contribution in [-0.4, -0.2) is 145 Å². The van der Waals surface area contributed by atoms with E-state index in [9.17, 15) is 72.0 Å². The van der Waals surface area contributed by atoms with Gasteiger partial charge in [-0.1, -0.05) is 58.4 Å². The third-order valence-corrected chi connectivity index (χ3v) is 19.9. The van der Waals surface area contributed by atoms with Gasteiger partial charge in [0.05, 0.1) is 67.6 Å². The summed E-state index contributed by atoms with van der Waals surface area (Å²) in [5, 5.41) is 1.60. The van der Waals surface area contributed by atoms with Crippen molar-refractivity contribution in [2.24, 2.45) is 0 Å². The summed E-state index contributed by atoms with van der Waals surface area (Å²) in [6.45, 7) is 7.07. The summed E-state index contributed by atoms with van der Waals surface area (Å²) < 4.78 is 119. The number of carbonyl (C=O) groups is 8. The summed E-state index contributed by atoms with van der Waals surface area (Å²) in [7, 11) is -15.6. The molecule has 8 rings (SSSR count). The number of hydrogen-bond acceptors (Lipinski definition) is 34. The Labute approximate surface area is 524 Å². The maximum absolute atomic E-state index is 12.2. The zero-order chi connectivity index (χ0) is 64.8. The number of aromatic nitrogens is 9. The van der Waals surface area contributed by atoms with Crippen LogP contribution in [0, 0.1) is 6.92 Å². The number of thiazole rings is 1. The van der Waals surface area contributed by atoms with E-state index < -0.39 is 57.0 Å². The van der Waals surface area contributed by atoms with Gasteiger partial charge in [0.1, 0.15) is 10.7 Å². The molecule has 8 aromatic heterocycles. The van der Waals surface area contributed by atoms with Gasteiger partial charge >= 0.3 is 21.2 Å². The molecule has 0 aliphatic carbocycles. The Kier molecular flexibility index (Phi) is 26.4. The van der Waals surface area contributed by atoms with Gasteiger partial charge in [0, 0.05) is 52.5 Å². The van der Waals surface area contributed by atoms with E-state index in [0.29, 0.717) is 15.4 Å². The van der Waals surface area contributed by atoms with E-state index in [1.807, 2.05) is 4.72 Å². The van der Waals surface area contributed by atoms with Crippen molar-refractivity contribution in [3.05, 3.63) is 126 Å². The standard InChI is InChI=1S/C13H12N4O4S2.C13H13N3O4S3.C11H10N2O5S3.C9H8N4O6S2/c1-9(18)22-8-12(19)11-4-3-10(7-16-11)17-23(20,21)13-14-5-2-6-15-13;1-8-12(11(18)7-21-9(2)17)22-13(15-8)16-23(19,20)10-3-5-14-6-4-10;1-7(14)19-5-8(15)9-2-3-10(20-9)13-21(16,17)11-4-12-6-18-11;1-5(14)20-3-6(15)7-2-10-8(19-7)13-21(16,17)9-11-4-18-12-9/h2-7,17H,8H2,1H3;3-6H,7H2,1-2H3,(H,15,16);2-4,6,13H,5H2,1H3;2,4H,3H2,1H3,(H,10,13). The Balaban J connectivity index is 0.000000214. The molecule has 0 aromatic carbocycles. The number of nitrogens with zero attached hydrogens (tertiary/aromatic N) is 9. The summed E-state index contributed by atoms with van der Waals surface area (Å²) in [6, 6.07) is 9.56. The number of thiophene rings is 1. The molecule has 42 heteroatoms. The number of aryl methyl sites for hydroxylation is 1. The molecule has 0 unspecified atom stereocenters. The molecule has 32 nitrogen and oxygen atoms in total. The van der Waals surface area contributed by atoms with E-state index in [4.69, 9.17) is 8.83 Å². The van der Waals surface area contributed by atoms with Crippen LogP contribution in [0.2, 0.25) is 0 Å². The van der Waals surface area contributed by atoms with E-state index in [0.717, 1.165) is 94.9 Å². The molecule has 0 aliphatic rings. The Morgan fingerprint density at radius 2 is 1.14 bits per heavy atom. The van der Waals surface area contributed by atoms with Gasteiger partial charge in [0.15, 0.2) is 55.1 Å². The number of anilines is 4. The van der Waals surface area contributed by atoms with Crippen LogP contribution < -0.4 is 18.9 Å². The maximum Gasteiger partial charge on any atom is 0.309 e. The molecular weight excluding hydrogens is 1360 g/mol. The van der Waals surface area contributed by atoms with Crippen LogP contribution >= 0.6 is 69.7 Å². The number of oxazole rings is 2. The highest BCUT2D eigenvalue weighted by Gasteiger charge is 2.25. The number of Topliss-reactive ketones (excluding diaryl/α,β-unsaturated/α-hetero) is 4. The lowest BCUT2D eigenvalue weighted by Crippen LogP contribution is -2.16. The molecular formula is C46H43N13O19S10. The molecule has 0 saturated carbocycles. The Morgan fingerprint density at radius 3 is 1.70 bits per heavy atom. The van der Waals surface area contributed by atoms with E-state index in [1.165, 1.54) is 101 Å². The van der Waals surface area contributed by atoms with Crippen molar-refractivity contribution in [1.82, 2.24) is 45.0 Å². The predicted molar refractivity (Wildman–Crippen MR) is 322 cm³/mol. The SMILES string of the molecule is CC(=O)SCC(=O)c1ccc(NS(=O)(=O)c2cnco2)s1.CC(=O)SCC(=O)c1ccc(NS(=O)(=O)c2ncccn2)cn1.CC(=O)SCC(=O)c1cnc(NS(=O)(=O)c2ncon2)o1.CC(=O)SCC(=O)c1sc(NS(=O)(=O)c2ccncc2)nc1C. The largest absolute Gasteiger partial charge is 0.430 e. The Morgan fingerprint density at radius 1 is 0.534 bits per heavy atom. The minimum absolute atomic E-state index is 0.00867. The first-order chi connectivity index (χ1) is 41.4. The van der Waals surface area contributed by atoms with E-state index >= 15 is 0 Å². The van der Waals surface area contributed by atoms with Crippen molar-refractivity contribution in [2.45, 2.75) is 54.9 Å². The van der Waals surface area contributed by atoms with E-state index in [2.05, 4.69) is 63.7 Å². The van der Waals surface area contributed by atoms with Crippen LogP contribution in [0.3, 0.4) is 0 Å². The van der Waals surface area contributed by atoms with Crippen molar-refractivity contribution in [2.75, 3.05) is 41.9 Å². The predicted octanol–water partition coefficient (Wildman–Crippen LogP) is 5.56. The second-order valence-electron chi connectivity index (χ2n) is 16.0. The number of carbonyl (C=O) groups excluding carboxylic acids is 8. The summed E-state index contributed by atoms with van der Waals surface area (Å²) in [6.07, 6.45) is 10.6. The first-order valence-corrected chi connectivity index (χ1v) is 35.0. The van der Waals surface area contributed by atoms with Crippen LogP contribution in [-0.2, 0) is 59.3 Å². The molecule has 0 radical (unpaired) electrons. The average molecular weight is 1400 g/mol. The number of pyridine rings is 2. The molecule has 8 heterocycles. The van der Waals surface area contributed by atoms with Gasteiger partial charge in [-0.25, -0.2) is 38.1 Å².